The van der Waals surface area contributed by atoms with E-state index in [1.807, 2.05) is 114 Å². The van der Waals surface area contributed by atoms with E-state index in [1.54, 1.807) is 24.3 Å². The molecule has 12 aromatic carbocycles. The fraction of sp³-hybridized carbons (Fsp3) is 0. The smallest absolute Gasteiger partial charge is 0.164 e. The van der Waals surface area contributed by atoms with Gasteiger partial charge in [-0.2, -0.15) is 10.5 Å². The molecule has 0 atom stereocenters. The summed E-state index contributed by atoms with van der Waals surface area (Å²) < 4.78 is 13.5. The Labute approximate surface area is 530 Å². The lowest BCUT2D eigenvalue weighted by molar-refractivity contribution is 0.669. The minimum absolute atomic E-state index is 0.517. The zero-order valence-electron chi connectivity index (χ0n) is 48.8. The van der Waals surface area contributed by atoms with Crippen LogP contribution in [-0.2, 0) is 0 Å². The molecular weight excluding hydrogens is 1150 g/mol. The second-order valence-electron chi connectivity index (χ2n) is 22.5. The molecule has 12 heteroatoms. The molecule has 0 aliphatic carbocycles. The van der Waals surface area contributed by atoms with Crippen molar-refractivity contribution in [3.63, 3.8) is 0 Å². The van der Waals surface area contributed by atoms with Crippen molar-refractivity contribution < 1.29 is 4.42 Å². The van der Waals surface area contributed by atoms with Crippen molar-refractivity contribution in [3.8, 4) is 91.8 Å². The third-order valence-electron chi connectivity index (χ3n) is 17.0. The van der Waals surface area contributed by atoms with Crippen LogP contribution in [0.5, 0.6) is 0 Å². The minimum atomic E-state index is 0.517. The van der Waals surface area contributed by atoms with Crippen molar-refractivity contribution in [1.82, 2.24) is 39.0 Å². The Morgan fingerprint density at radius 3 is 1.24 bits per heavy atom. The number of rotatable bonds is 8. The van der Waals surface area contributed by atoms with Crippen LogP contribution in [0.25, 0.3) is 165 Å². The van der Waals surface area contributed by atoms with E-state index in [4.69, 9.17) is 34.3 Å². The topological polar surface area (TPSA) is 148 Å². The molecular formula is C80H46N10OS. The van der Waals surface area contributed by atoms with Gasteiger partial charge in [0.2, 0.25) is 0 Å². The number of benzene rings is 12. The van der Waals surface area contributed by atoms with E-state index in [-0.39, 0.29) is 0 Å². The number of hydrogen-bond acceptors (Lipinski definition) is 10. The Balaban J connectivity index is 0.000000141. The van der Waals surface area contributed by atoms with E-state index < -0.39 is 0 Å². The molecule has 11 nitrogen and oxygen atoms in total. The van der Waals surface area contributed by atoms with Crippen molar-refractivity contribution in [3.05, 3.63) is 290 Å². The molecule has 0 N–H and O–H groups in total. The molecule has 0 amide bonds. The first-order valence-corrected chi connectivity index (χ1v) is 30.8. The molecule has 6 aromatic heterocycles. The van der Waals surface area contributed by atoms with Crippen LogP contribution in [-0.4, -0.2) is 39.0 Å². The average molecular weight is 1200 g/mol. The van der Waals surface area contributed by atoms with Gasteiger partial charge in [-0.3, -0.25) is 0 Å². The number of nitriles is 2. The second kappa shape index (κ2) is 22.1. The average Bonchev–Trinajstić information content (AvgIpc) is 1.59. The quantitative estimate of drug-likeness (QED) is 0.145. The maximum atomic E-state index is 9.49. The fourth-order valence-corrected chi connectivity index (χ4v) is 13.7. The predicted molar refractivity (Wildman–Crippen MR) is 371 cm³/mol. The van der Waals surface area contributed by atoms with E-state index >= 15 is 0 Å². The van der Waals surface area contributed by atoms with Crippen LogP contribution in [0.3, 0.4) is 0 Å². The molecule has 0 aliphatic heterocycles. The van der Waals surface area contributed by atoms with Crippen LogP contribution in [0.2, 0.25) is 0 Å². The monoisotopic (exact) mass is 1190 g/mol. The molecule has 0 bridgehead atoms. The summed E-state index contributed by atoms with van der Waals surface area (Å²) in [5.74, 6) is 3.41. The Morgan fingerprint density at radius 2 is 0.696 bits per heavy atom. The maximum absolute atomic E-state index is 9.49. The van der Waals surface area contributed by atoms with Gasteiger partial charge in [-0.15, -0.1) is 11.3 Å². The number of aromatic nitrogens is 8. The summed E-state index contributed by atoms with van der Waals surface area (Å²) >= 11 is 1.85. The molecule has 0 unspecified atom stereocenters. The van der Waals surface area contributed by atoms with E-state index in [9.17, 15) is 10.5 Å². The summed E-state index contributed by atoms with van der Waals surface area (Å²) in [6, 6.07) is 98.7. The van der Waals surface area contributed by atoms with Gasteiger partial charge < -0.3 is 13.6 Å². The molecule has 428 valence electrons. The minimum Gasteiger partial charge on any atom is -0.456 e. The first kappa shape index (κ1) is 53.5. The Morgan fingerprint density at radius 1 is 0.272 bits per heavy atom. The van der Waals surface area contributed by atoms with Gasteiger partial charge in [-0.05, 0) is 133 Å². The lowest BCUT2D eigenvalue weighted by Crippen LogP contribution is -2.00. The third-order valence-corrected chi connectivity index (χ3v) is 18.1. The summed E-state index contributed by atoms with van der Waals surface area (Å²) in [5, 5.41) is 28.3. The molecule has 0 fully saturated rings. The zero-order chi connectivity index (χ0) is 61.2. The maximum Gasteiger partial charge on any atom is 0.164 e. The highest BCUT2D eigenvalue weighted by Crippen LogP contribution is 2.42. The SMILES string of the molecule is N#Cc1ccc(-c2nc(-c3ccccc3)nc(-c3ccc(-n4c5ccccc5c5cc6sc7ccccc7c6cc54)cc3)n2)cc1.N#Cc1cccc(-c2nc(-c3ccccc3)nc(-c3ccc(-n4c5ccccc5c5cc6oc7ccccc7c6cc54)cc3)n2)c1. The highest BCUT2D eigenvalue weighted by molar-refractivity contribution is 7.25. The van der Waals surface area contributed by atoms with Gasteiger partial charge in [0.1, 0.15) is 11.2 Å². The van der Waals surface area contributed by atoms with Gasteiger partial charge in [0.15, 0.2) is 34.9 Å². The molecule has 0 aliphatic rings. The summed E-state index contributed by atoms with van der Waals surface area (Å²) in [7, 11) is 0. The van der Waals surface area contributed by atoms with Gasteiger partial charge in [-0.25, -0.2) is 29.9 Å². The van der Waals surface area contributed by atoms with E-state index in [0.29, 0.717) is 46.1 Å². The molecule has 0 spiro atoms. The fourth-order valence-electron chi connectivity index (χ4n) is 12.6. The van der Waals surface area contributed by atoms with E-state index in [0.717, 1.165) is 88.5 Å². The van der Waals surface area contributed by atoms with Crippen molar-refractivity contribution >= 4 is 97.1 Å². The van der Waals surface area contributed by atoms with Crippen LogP contribution in [0.1, 0.15) is 11.1 Å². The van der Waals surface area contributed by atoms with Crippen molar-refractivity contribution in [2.75, 3.05) is 0 Å². The summed E-state index contributed by atoms with van der Waals surface area (Å²) in [4.78, 5) is 29.2. The molecule has 0 saturated carbocycles. The van der Waals surface area contributed by atoms with Crippen LogP contribution >= 0.6 is 11.3 Å². The Bertz CT molecular complexity index is 6020. The molecule has 0 radical (unpaired) electrons. The van der Waals surface area contributed by atoms with Crippen LogP contribution in [0, 0.1) is 22.7 Å². The van der Waals surface area contributed by atoms with Gasteiger partial charge >= 0.3 is 0 Å². The molecule has 18 rings (SSSR count). The standard InChI is InChI=1S/C40H23N5O.C40H23N5S/c41-24-25-9-8-12-28(21-25)40-43-38(26-10-2-1-3-11-26)42-39(44-40)27-17-19-29(20-18-27)45-34-15-6-4-13-30(34)32-23-37-33(22-35(32)45)31-14-5-7-16-36(31)46-37;41-24-25-14-16-27(17-15-25)39-42-38(26-8-2-1-3-9-26)43-40(44-39)28-18-20-29(21-19-28)45-34-12-6-4-10-30(34)32-23-37-33(22-35(32)45)31-11-5-7-13-36(31)46-37/h2*1-23H. The van der Waals surface area contributed by atoms with Gasteiger partial charge in [0.25, 0.3) is 0 Å². The van der Waals surface area contributed by atoms with Crippen molar-refractivity contribution in [2.45, 2.75) is 0 Å². The highest BCUT2D eigenvalue weighted by atomic mass is 32.1. The number of fused-ring (bicyclic) bond motifs is 12. The number of nitrogens with zero attached hydrogens (tertiary/aromatic N) is 10. The normalized spacial score (nSPS) is 11.5. The van der Waals surface area contributed by atoms with Gasteiger partial charge in [0.05, 0.1) is 45.3 Å². The van der Waals surface area contributed by atoms with Crippen LogP contribution in [0.15, 0.2) is 283 Å². The lowest BCUT2D eigenvalue weighted by atomic mass is 10.1. The number of furan rings is 1. The van der Waals surface area contributed by atoms with Crippen LogP contribution < -0.4 is 0 Å². The first-order chi connectivity index (χ1) is 45.5. The second-order valence-corrected chi connectivity index (χ2v) is 23.5. The van der Waals surface area contributed by atoms with E-state index in [1.165, 1.54) is 42.0 Å². The molecule has 92 heavy (non-hydrogen) atoms. The largest absolute Gasteiger partial charge is 0.456 e. The van der Waals surface area contributed by atoms with E-state index in [2.05, 4.69) is 173 Å². The first-order valence-electron chi connectivity index (χ1n) is 30.0. The van der Waals surface area contributed by atoms with Crippen molar-refractivity contribution in [1.29, 1.82) is 10.5 Å². The Kier molecular flexibility index (Phi) is 12.9. The van der Waals surface area contributed by atoms with Gasteiger partial charge in [-0.1, -0.05) is 146 Å². The molecule has 18 aromatic rings. The highest BCUT2D eigenvalue weighted by Gasteiger charge is 2.21. The number of hydrogen-bond donors (Lipinski definition) is 0. The molecule has 6 heterocycles. The summed E-state index contributed by atoms with van der Waals surface area (Å²) in [5.41, 5.74) is 14.7. The van der Waals surface area contributed by atoms with Gasteiger partial charge in [0, 0.05) is 97.2 Å². The lowest BCUT2D eigenvalue weighted by Gasteiger charge is -2.11. The number of para-hydroxylation sites is 3. The summed E-state index contributed by atoms with van der Waals surface area (Å²) in [6.07, 6.45) is 0. The summed E-state index contributed by atoms with van der Waals surface area (Å²) in [6.45, 7) is 0. The predicted octanol–water partition coefficient (Wildman–Crippen LogP) is 20.0. The molecule has 0 saturated heterocycles. The van der Waals surface area contributed by atoms with Crippen molar-refractivity contribution in [2.24, 2.45) is 0 Å². The number of thiophene rings is 1. The zero-order valence-corrected chi connectivity index (χ0v) is 49.7. The van der Waals surface area contributed by atoms with Crippen LogP contribution in [0.4, 0.5) is 0 Å². The third kappa shape index (κ3) is 9.35. The Hall–Kier alpha value is -12.7.